The van der Waals surface area contributed by atoms with Crippen molar-refractivity contribution in [2.24, 2.45) is 0 Å². The van der Waals surface area contributed by atoms with Crippen LogP contribution >= 0.6 is 0 Å². The van der Waals surface area contributed by atoms with E-state index in [1.54, 1.807) is 21.0 Å². The normalized spacial score (nSPS) is 15.5. The van der Waals surface area contributed by atoms with Crippen LogP contribution < -0.4 is 5.32 Å². The van der Waals surface area contributed by atoms with Gasteiger partial charge in [0.15, 0.2) is 9.84 Å². The van der Waals surface area contributed by atoms with Crippen molar-refractivity contribution in [2.75, 3.05) is 26.5 Å². The Morgan fingerprint density at radius 1 is 1.43 bits per heavy atom. The summed E-state index contributed by atoms with van der Waals surface area (Å²) in [7, 11) is -1.38. The fourth-order valence-corrected chi connectivity index (χ4v) is 1.16. The lowest BCUT2D eigenvalue weighted by Crippen LogP contribution is -2.43. The van der Waals surface area contributed by atoms with E-state index in [-0.39, 0.29) is 6.10 Å². The zero-order valence-corrected chi connectivity index (χ0v) is 10.4. The van der Waals surface area contributed by atoms with Crippen molar-refractivity contribution in [1.82, 2.24) is 5.32 Å². The second-order valence-electron chi connectivity index (χ2n) is 4.21. The minimum Gasteiger partial charge on any atom is -0.380 e. The van der Waals surface area contributed by atoms with Crippen LogP contribution in [-0.4, -0.2) is 45.7 Å². The zero-order valence-electron chi connectivity index (χ0n) is 9.62. The lowest BCUT2D eigenvalue weighted by molar-refractivity contribution is 0.117. The fraction of sp³-hybridized carbons (Fsp3) is 1.00. The molecule has 1 atom stereocenters. The van der Waals surface area contributed by atoms with Crippen molar-refractivity contribution < 1.29 is 13.2 Å². The monoisotopic (exact) mass is 223 g/mol. The van der Waals surface area contributed by atoms with Crippen molar-refractivity contribution in [1.29, 1.82) is 0 Å². The van der Waals surface area contributed by atoms with E-state index in [1.165, 1.54) is 6.26 Å². The van der Waals surface area contributed by atoms with E-state index in [9.17, 15) is 8.42 Å². The van der Waals surface area contributed by atoms with Gasteiger partial charge in [0, 0.05) is 26.5 Å². The highest BCUT2D eigenvalue weighted by Gasteiger charge is 2.29. The number of hydrogen-bond donors (Lipinski definition) is 1. The minimum atomic E-state index is -3.01. The minimum absolute atomic E-state index is 0.102. The molecule has 0 aromatic carbocycles. The number of ether oxygens (including phenoxy) is 1. The third kappa shape index (κ3) is 4.39. The van der Waals surface area contributed by atoms with Gasteiger partial charge >= 0.3 is 0 Å². The lowest BCUT2D eigenvalue weighted by atomic mass is 10.2. The Morgan fingerprint density at radius 3 is 2.29 bits per heavy atom. The summed E-state index contributed by atoms with van der Waals surface area (Å²) in [6.45, 7) is 6.47. The van der Waals surface area contributed by atoms with E-state index < -0.39 is 14.6 Å². The van der Waals surface area contributed by atoms with Gasteiger partial charge in [-0.3, -0.25) is 0 Å². The van der Waals surface area contributed by atoms with E-state index >= 15 is 0 Å². The standard InChI is InChI=1S/C9H21NO3S/c1-8(13-4)6-10-7-9(2,3)14(5,11)12/h8,10H,6-7H2,1-5H3. The van der Waals surface area contributed by atoms with Gasteiger partial charge in [-0.2, -0.15) is 0 Å². The number of hydrogen-bond acceptors (Lipinski definition) is 4. The summed E-state index contributed by atoms with van der Waals surface area (Å²) in [5.41, 5.74) is 0. The van der Waals surface area contributed by atoms with E-state index in [1.807, 2.05) is 6.92 Å². The molecule has 0 spiro atoms. The Labute approximate surface area is 86.9 Å². The Balaban J connectivity index is 4.02. The van der Waals surface area contributed by atoms with Crippen LogP contribution in [0.25, 0.3) is 0 Å². The van der Waals surface area contributed by atoms with E-state index in [2.05, 4.69) is 5.32 Å². The molecule has 1 unspecified atom stereocenters. The van der Waals surface area contributed by atoms with Crippen LogP contribution in [0, 0.1) is 0 Å². The summed E-state index contributed by atoms with van der Waals surface area (Å²) in [6, 6.07) is 0. The second kappa shape index (κ2) is 5.09. The van der Waals surface area contributed by atoms with Gasteiger partial charge in [0.1, 0.15) is 0 Å². The predicted molar refractivity (Wildman–Crippen MR) is 58.3 cm³/mol. The van der Waals surface area contributed by atoms with Crippen molar-refractivity contribution >= 4 is 9.84 Å². The highest BCUT2D eigenvalue weighted by atomic mass is 32.2. The van der Waals surface area contributed by atoms with Gasteiger partial charge in [-0.15, -0.1) is 0 Å². The molecule has 0 saturated heterocycles. The average molecular weight is 223 g/mol. The van der Waals surface area contributed by atoms with Crippen LogP contribution in [0.3, 0.4) is 0 Å². The Bertz CT molecular complexity index is 259. The maximum atomic E-state index is 11.3. The quantitative estimate of drug-likeness (QED) is 0.709. The molecular weight excluding hydrogens is 202 g/mol. The first kappa shape index (κ1) is 13.9. The first-order valence-corrected chi connectivity index (χ1v) is 6.53. The van der Waals surface area contributed by atoms with E-state index in [0.29, 0.717) is 13.1 Å². The van der Waals surface area contributed by atoms with Crippen LogP contribution in [-0.2, 0) is 14.6 Å². The maximum absolute atomic E-state index is 11.3. The molecule has 1 N–H and O–H groups in total. The molecule has 0 fully saturated rings. The molecule has 0 aliphatic carbocycles. The van der Waals surface area contributed by atoms with Crippen LogP contribution in [0.1, 0.15) is 20.8 Å². The summed E-state index contributed by atoms with van der Waals surface area (Å²) >= 11 is 0. The highest BCUT2D eigenvalue weighted by molar-refractivity contribution is 7.92. The predicted octanol–water partition coefficient (Wildman–Crippen LogP) is 0.434. The fourth-order valence-electron chi connectivity index (χ4n) is 0.791. The summed E-state index contributed by atoms with van der Waals surface area (Å²) in [4.78, 5) is 0. The molecule has 0 heterocycles. The van der Waals surface area contributed by atoms with Crippen LogP contribution in [0.2, 0.25) is 0 Å². The highest BCUT2D eigenvalue weighted by Crippen LogP contribution is 2.13. The summed E-state index contributed by atoms with van der Waals surface area (Å²) in [6.07, 6.45) is 1.36. The second-order valence-corrected chi connectivity index (χ2v) is 6.86. The number of nitrogens with one attached hydrogen (secondary N) is 1. The Hall–Kier alpha value is -0.130. The first-order valence-electron chi connectivity index (χ1n) is 4.64. The molecule has 5 heteroatoms. The number of methoxy groups -OCH3 is 1. The van der Waals surface area contributed by atoms with Crippen molar-refractivity contribution in [2.45, 2.75) is 31.6 Å². The summed E-state index contributed by atoms with van der Waals surface area (Å²) < 4.78 is 27.0. The molecule has 0 rings (SSSR count). The number of sulfone groups is 1. The summed E-state index contributed by atoms with van der Waals surface area (Å²) in [5, 5.41) is 3.08. The molecule has 0 aliphatic heterocycles. The third-order valence-electron chi connectivity index (χ3n) is 2.39. The molecule has 86 valence electrons. The zero-order chi connectivity index (χ0) is 11.4. The molecule has 0 saturated carbocycles. The maximum Gasteiger partial charge on any atom is 0.153 e. The SMILES string of the molecule is COC(C)CNCC(C)(C)S(C)(=O)=O. The molecule has 0 aliphatic rings. The van der Waals surface area contributed by atoms with Crippen molar-refractivity contribution in [3.8, 4) is 0 Å². The van der Waals surface area contributed by atoms with Gasteiger partial charge in [0.2, 0.25) is 0 Å². The van der Waals surface area contributed by atoms with Crippen molar-refractivity contribution in [3.63, 3.8) is 0 Å². The number of rotatable bonds is 6. The average Bonchev–Trinajstić information content (AvgIpc) is 2.01. The van der Waals surface area contributed by atoms with Gasteiger partial charge in [-0.05, 0) is 20.8 Å². The van der Waals surface area contributed by atoms with Crippen LogP contribution in [0.15, 0.2) is 0 Å². The van der Waals surface area contributed by atoms with Crippen LogP contribution in [0.5, 0.6) is 0 Å². The van der Waals surface area contributed by atoms with Gasteiger partial charge in [0.25, 0.3) is 0 Å². The lowest BCUT2D eigenvalue weighted by Gasteiger charge is -2.23. The Kier molecular flexibility index (Phi) is 5.05. The Morgan fingerprint density at radius 2 is 1.93 bits per heavy atom. The molecular formula is C9H21NO3S. The van der Waals surface area contributed by atoms with Crippen LogP contribution in [0.4, 0.5) is 0 Å². The molecule has 0 amide bonds. The van der Waals surface area contributed by atoms with Gasteiger partial charge in [-0.1, -0.05) is 0 Å². The molecule has 4 nitrogen and oxygen atoms in total. The first-order chi connectivity index (χ1) is 6.20. The van der Waals surface area contributed by atoms with Gasteiger partial charge in [0.05, 0.1) is 10.9 Å². The smallest absolute Gasteiger partial charge is 0.153 e. The van der Waals surface area contributed by atoms with Gasteiger partial charge in [-0.25, -0.2) is 8.42 Å². The molecule has 0 radical (unpaired) electrons. The third-order valence-corrected chi connectivity index (χ3v) is 4.54. The molecule has 0 aromatic rings. The van der Waals surface area contributed by atoms with Crippen molar-refractivity contribution in [3.05, 3.63) is 0 Å². The topological polar surface area (TPSA) is 55.4 Å². The van der Waals surface area contributed by atoms with E-state index in [4.69, 9.17) is 4.74 Å². The molecule has 0 bridgehead atoms. The summed E-state index contributed by atoms with van der Waals surface area (Å²) in [5.74, 6) is 0. The molecule has 0 aromatic heterocycles. The van der Waals surface area contributed by atoms with Gasteiger partial charge < -0.3 is 10.1 Å². The molecule has 14 heavy (non-hydrogen) atoms. The van der Waals surface area contributed by atoms with E-state index in [0.717, 1.165) is 0 Å². The largest absolute Gasteiger partial charge is 0.380 e.